The molecule has 0 aromatic heterocycles. The van der Waals surface area contributed by atoms with Gasteiger partial charge in [-0.1, -0.05) is 6.92 Å². The van der Waals surface area contributed by atoms with E-state index in [2.05, 4.69) is 4.74 Å². The molecule has 1 radical (unpaired) electrons. The van der Waals surface area contributed by atoms with Crippen LogP contribution in [-0.2, 0) is 4.74 Å². The van der Waals surface area contributed by atoms with Crippen LogP contribution in [0, 0.1) is 6.61 Å². The Hall–Kier alpha value is -0.0800. The van der Waals surface area contributed by atoms with Gasteiger partial charge < -0.3 is 9.84 Å². The van der Waals surface area contributed by atoms with E-state index in [1.54, 1.807) is 6.61 Å². The average molecular weight is 89.1 g/mol. The molecule has 0 aliphatic rings. The second kappa shape index (κ2) is 4.92. The Morgan fingerprint density at radius 3 is 2.67 bits per heavy atom. The molecular formula is C4H9O2. The largest absolute Gasteiger partial charge is 0.371 e. The summed E-state index contributed by atoms with van der Waals surface area (Å²) in [4.78, 5) is 0. The minimum Gasteiger partial charge on any atom is -0.371 e. The molecule has 2 nitrogen and oxygen atoms in total. The molecule has 0 unspecified atom stereocenters. The van der Waals surface area contributed by atoms with Gasteiger partial charge in [0.1, 0.15) is 6.79 Å². The van der Waals surface area contributed by atoms with E-state index in [9.17, 15) is 0 Å². The molecule has 0 atom stereocenters. The van der Waals surface area contributed by atoms with Gasteiger partial charge in [0.25, 0.3) is 0 Å². The minimum atomic E-state index is -0.201. The van der Waals surface area contributed by atoms with Crippen LogP contribution in [0.4, 0.5) is 0 Å². The Labute approximate surface area is 37.7 Å². The summed E-state index contributed by atoms with van der Waals surface area (Å²) in [6.45, 7) is 3.30. The highest BCUT2D eigenvalue weighted by Crippen LogP contribution is 1.82. The van der Waals surface area contributed by atoms with Crippen LogP contribution >= 0.6 is 0 Å². The molecule has 0 fully saturated rings. The van der Waals surface area contributed by atoms with Crippen molar-refractivity contribution in [1.29, 1.82) is 0 Å². The molecule has 0 aromatic carbocycles. The lowest BCUT2D eigenvalue weighted by molar-refractivity contribution is 0.0330. The predicted molar refractivity (Wildman–Crippen MR) is 22.8 cm³/mol. The van der Waals surface area contributed by atoms with Gasteiger partial charge in [-0.2, -0.15) is 0 Å². The second-order valence-corrected chi connectivity index (χ2v) is 0.871. The fourth-order valence-electron chi connectivity index (χ4n) is 0.171. The summed E-state index contributed by atoms with van der Waals surface area (Å²) in [6, 6.07) is 0. The summed E-state index contributed by atoms with van der Waals surface area (Å²) in [5.74, 6) is 0. The molecule has 0 rings (SSSR count). The van der Waals surface area contributed by atoms with Crippen molar-refractivity contribution in [3.8, 4) is 0 Å². The maximum atomic E-state index is 7.94. The molecule has 0 spiro atoms. The topological polar surface area (TPSA) is 29.5 Å². The van der Waals surface area contributed by atoms with E-state index >= 15 is 0 Å². The third-order valence-corrected chi connectivity index (χ3v) is 0.359. The highest BCUT2D eigenvalue weighted by atomic mass is 16.6. The third kappa shape index (κ3) is 3.92. The van der Waals surface area contributed by atoms with Crippen molar-refractivity contribution in [1.82, 2.24) is 0 Å². The van der Waals surface area contributed by atoms with Crippen molar-refractivity contribution in [2.24, 2.45) is 0 Å². The molecule has 0 saturated heterocycles. The number of ether oxygens (including phenoxy) is 1. The van der Waals surface area contributed by atoms with E-state index in [-0.39, 0.29) is 6.79 Å². The van der Waals surface area contributed by atoms with E-state index in [0.717, 1.165) is 6.42 Å². The van der Waals surface area contributed by atoms with E-state index in [0.29, 0.717) is 0 Å². The second-order valence-electron chi connectivity index (χ2n) is 0.871. The van der Waals surface area contributed by atoms with Crippen LogP contribution in [0.2, 0.25) is 0 Å². The summed E-state index contributed by atoms with van der Waals surface area (Å²) < 4.78 is 4.41. The maximum Gasteiger partial charge on any atom is 0.144 e. The molecule has 0 aliphatic heterocycles. The zero-order valence-corrected chi connectivity index (χ0v) is 3.85. The first-order valence-electron chi connectivity index (χ1n) is 1.96. The smallest absolute Gasteiger partial charge is 0.144 e. The summed E-state index contributed by atoms with van der Waals surface area (Å²) in [5.41, 5.74) is 0. The maximum absolute atomic E-state index is 7.94. The van der Waals surface area contributed by atoms with Crippen molar-refractivity contribution in [3.63, 3.8) is 0 Å². The van der Waals surface area contributed by atoms with E-state index < -0.39 is 0 Å². The van der Waals surface area contributed by atoms with Crippen LogP contribution in [0.3, 0.4) is 0 Å². The minimum absolute atomic E-state index is 0.201. The van der Waals surface area contributed by atoms with Crippen molar-refractivity contribution in [2.45, 2.75) is 13.3 Å². The van der Waals surface area contributed by atoms with Gasteiger partial charge in [0.05, 0.1) is 6.61 Å². The van der Waals surface area contributed by atoms with Crippen LogP contribution in [0.5, 0.6) is 0 Å². The predicted octanol–water partition coefficient (Wildman–Crippen LogP) is 0.525. The number of aliphatic hydroxyl groups is 1. The van der Waals surface area contributed by atoms with Crippen LogP contribution in [0.25, 0.3) is 0 Å². The lowest BCUT2D eigenvalue weighted by Crippen LogP contribution is -1.85. The van der Waals surface area contributed by atoms with Gasteiger partial charge in [0.15, 0.2) is 0 Å². The van der Waals surface area contributed by atoms with Crippen molar-refractivity contribution < 1.29 is 9.84 Å². The van der Waals surface area contributed by atoms with Crippen molar-refractivity contribution >= 4 is 0 Å². The van der Waals surface area contributed by atoms with Gasteiger partial charge in [0, 0.05) is 0 Å². The first kappa shape index (κ1) is 5.92. The molecule has 0 heterocycles. The van der Waals surface area contributed by atoms with E-state index in [1.807, 2.05) is 6.92 Å². The monoisotopic (exact) mass is 89.1 g/mol. The van der Waals surface area contributed by atoms with Crippen LogP contribution in [0.1, 0.15) is 13.3 Å². The quantitative estimate of drug-likeness (QED) is 0.403. The number of aliphatic hydroxyl groups excluding tert-OH is 1. The van der Waals surface area contributed by atoms with Crippen molar-refractivity contribution in [2.75, 3.05) is 6.79 Å². The molecule has 6 heavy (non-hydrogen) atoms. The van der Waals surface area contributed by atoms with Gasteiger partial charge in [-0.25, -0.2) is 0 Å². The molecule has 0 aromatic rings. The standard InChI is InChI=1S/C4H9O2/c1-2-3-6-4-5/h3,5H,2,4H2,1H3. The van der Waals surface area contributed by atoms with E-state index in [4.69, 9.17) is 5.11 Å². The molecule has 0 bridgehead atoms. The third-order valence-electron chi connectivity index (χ3n) is 0.359. The molecule has 37 valence electrons. The average Bonchev–Trinajstić information content (AvgIpc) is 1.61. The fraction of sp³-hybridized carbons (Fsp3) is 0.750. The summed E-state index contributed by atoms with van der Waals surface area (Å²) in [5, 5.41) is 7.94. The Kier molecular flexibility index (Phi) is 4.85. The van der Waals surface area contributed by atoms with E-state index in [1.165, 1.54) is 0 Å². The first-order valence-corrected chi connectivity index (χ1v) is 1.96. The molecule has 2 heteroatoms. The van der Waals surface area contributed by atoms with Gasteiger partial charge in [-0.15, -0.1) is 0 Å². The lowest BCUT2D eigenvalue weighted by atomic mass is 10.5. The lowest BCUT2D eigenvalue weighted by Gasteiger charge is -1.89. The van der Waals surface area contributed by atoms with Gasteiger partial charge in [-0.3, -0.25) is 0 Å². The molecule has 0 aliphatic carbocycles. The molecular weight excluding hydrogens is 80.0 g/mol. The Morgan fingerprint density at radius 2 is 2.50 bits per heavy atom. The van der Waals surface area contributed by atoms with Gasteiger partial charge >= 0.3 is 0 Å². The number of hydrogen-bond donors (Lipinski definition) is 1. The summed E-state index contributed by atoms with van der Waals surface area (Å²) >= 11 is 0. The van der Waals surface area contributed by atoms with Crippen LogP contribution in [0.15, 0.2) is 0 Å². The SMILES string of the molecule is CC[CH]OCO. The van der Waals surface area contributed by atoms with Crippen molar-refractivity contribution in [3.05, 3.63) is 6.61 Å². The Balaban J connectivity index is 2.34. The molecule has 1 N–H and O–H groups in total. The number of hydrogen-bond acceptors (Lipinski definition) is 2. The van der Waals surface area contributed by atoms with Crippen LogP contribution < -0.4 is 0 Å². The van der Waals surface area contributed by atoms with Gasteiger partial charge in [0.2, 0.25) is 0 Å². The first-order chi connectivity index (χ1) is 2.91. The highest BCUT2D eigenvalue weighted by Gasteiger charge is 1.74. The Morgan fingerprint density at radius 1 is 1.83 bits per heavy atom. The fourth-order valence-corrected chi connectivity index (χ4v) is 0.171. The van der Waals surface area contributed by atoms with Gasteiger partial charge in [-0.05, 0) is 6.42 Å². The zero-order valence-electron chi connectivity index (χ0n) is 3.85. The Bertz CT molecular complexity index is 17.5. The zero-order chi connectivity index (χ0) is 4.83. The summed E-state index contributed by atoms with van der Waals surface area (Å²) in [7, 11) is 0. The highest BCUT2D eigenvalue weighted by molar-refractivity contribution is 4.38. The number of rotatable bonds is 3. The normalized spacial score (nSPS) is 9.00. The molecule has 0 amide bonds. The summed E-state index contributed by atoms with van der Waals surface area (Å²) in [6.07, 6.45) is 0.848. The molecule has 0 saturated carbocycles. The van der Waals surface area contributed by atoms with Crippen LogP contribution in [-0.4, -0.2) is 11.9 Å².